The molecular weight excluding hydrogens is 236 g/mol. The predicted octanol–water partition coefficient (Wildman–Crippen LogP) is 2.07. The van der Waals surface area contributed by atoms with E-state index in [1.165, 1.54) is 25.7 Å². The van der Waals surface area contributed by atoms with Gasteiger partial charge in [0.05, 0.1) is 0 Å². The molecule has 3 rings (SSSR count). The van der Waals surface area contributed by atoms with Gasteiger partial charge in [0.2, 0.25) is 5.13 Å². The molecule has 1 saturated heterocycles. The summed E-state index contributed by atoms with van der Waals surface area (Å²) in [6.07, 6.45) is 5.04. The lowest BCUT2D eigenvalue weighted by Gasteiger charge is -2.11. The highest BCUT2D eigenvalue weighted by Crippen LogP contribution is 2.37. The van der Waals surface area contributed by atoms with Crippen molar-refractivity contribution in [2.45, 2.75) is 31.6 Å². The first-order valence-electron chi connectivity index (χ1n) is 6.12. The predicted molar refractivity (Wildman–Crippen MR) is 66.5 cm³/mol. The SMILES string of the molecule is CN1CCN(c2nnc(C3CCCC3)s2)C1=O. The Morgan fingerprint density at radius 3 is 2.65 bits per heavy atom. The summed E-state index contributed by atoms with van der Waals surface area (Å²) in [4.78, 5) is 15.3. The lowest BCUT2D eigenvalue weighted by atomic mass is 10.1. The number of anilines is 1. The number of amides is 2. The van der Waals surface area contributed by atoms with Gasteiger partial charge in [0.25, 0.3) is 0 Å². The first-order valence-corrected chi connectivity index (χ1v) is 6.93. The average Bonchev–Trinajstić information content (AvgIpc) is 3.01. The maximum atomic E-state index is 11.8. The van der Waals surface area contributed by atoms with Gasteiger partial charge in [-0.05, 0) is 12.8 Å². The molecule has 2 heterocycles. The van der Waals surface area contributed by atoms with Crippen molar-refractivity contribution in [2.75, 3.05) is 25.0 Å². The molecule has 5 nitrogen and oxygen atoms in total. The number of carbonyl (C=O) groups excluding carboxylic acids is 1. The fraction of sp³-hybridized carbons (Fsp3) is 0.727. The highest BCUT2D eigenvalue weighted by molar-refractivity contribution is 7.15. The van der Waals surface area contributed by atoms with Crippen LogP contribution in [0.4, 0.5) is 9.93 Å². The van der Waals surface area contributed by atoms with E-state index in [1.54, 1.807) is 21.1 Å². The van der Waals surface area contributed by atoms with Crippen LogP contribution < -0.4 is 4.90 Å². The van der Waals surface area contributed by atoms with E-state index in [9.17, 15) is 4.79 Å². The van der Waals surface area contributed by atoms with Crippen molar-refractivity contribution in [3.8, 4) is 0 Å². The Labute approximate surface area is 104 Å². The van der Waals surface area contributed by atoms with E-state index >= 15 is 0 Å². The molecule has 0 bridgehead atoms. The normalized spacial score (nSPS) is 21.8. The molecule has 1 aromatic rings. The van der Waals surface area contributed by atoms with Gasteiger partial charge in [-0.2, -0.15) is 0 Å². The van der Waals surface area contributed by atoms with E-state index in [1.807, 2.05) is 7.05 Å². The minimum Gasteiger partial charge on any atom is -0.326 e. The van der Waals surface area contributed by atoms with Crippen molar-refractivity contribution in [3.63, 3.8) is 0 Å². The molecule has 0 aromatic carbocycles. The molecule has 2 fully saturated rings. The molecule has 2 amide bonds. The molecule has 0 spiro atoms. The summed E-state index contributed by atoms with van der Waals surface area (Å²) < 4.78 is 0. The van der Waals surface area contributed by atoms with Crippen molar-refractivity contribution >= 4 is 22.5 Å². The largest absolute Gasteiger partial charge is 0.326 e. The number of hydrogen-bond donors (Lipinski definition) is 0. The molecule has 6 heteroatoms. The Bertz CT molecular complexity index is 427. The lowest BCUT2D eigenvalue weighted by molar-refractivity contribution is 0.229. The molecule has 0 atom stereocenters. The molecule has 0 radical (unpaired) electrons. The summed E-state index contributed by atoms with van der Waals surface area (Å²) in [5.74, 6) is 0.580. The van der Waals surface area contributed by atoms with Gasteiger partial charge in [0.15, 0.2) is 0 Å². The zero-order chi connectivity index (χ0) is 11.8. The van der Waals surface area contributed by atoms with Gasteiger partial charge in [-0.15, -0.1) is 10.2 Å². The smallest absolute Gasteiger partial charge is 0.326 e. The van der Waals surface area contributed by atoms with Gasteiger partial charge in [-0.25, -0.2) is 4.79 Å². The van der Waals surface area contributed by atoms with E-state index in [4.69, 9.17) is 0 Å². The monoisotopic (exact) mass is 252 g/mol. The molecule has 17 heavy (non-hydrogen) atoms. The van der Waals surface area contributed by atoms with Crippen LogP contribution in [0.15, 0.2) is 0 Å². The molecule has 1 aliphatic heterocycles. The quantitative estimate of drug-likeness (QED) is 0.809. The number of rotatable bonds is 2. The van der Waals surface area contributed by atoms with Crippen LogP contribution in [0.2, 0.25) is 0 Å². The summed E-state index contributed by atoms with van der Waals surface area (Å²) in [5.41, 5.74) is 0. The maximum Gasteiger partial charge on any atom is 0.326 e. The Morgan fingerprint density at radius 2 is 2.00 bits per heavy atom. The minimum atomic E-state index is 0.0409. The topological polar surface area (TPSA) is 49.3 Å². The van der Waals surface area contributed by atoms with Crippen molar-refractivity contribution in [3.05, 3.63) is 5.01 Å². The first-order chi connectivity index (χ1) is 8.25. The fourth-order valence-electron chi connectivity index (χ4n) is 2.50. The van der Waals surface area contributed by atoms with Crippen LogP contribution in [0, 0.1) is 0 Å². The molecule has 0 N–H and O–H groups in total. The lowest BCUT2D eigenvalue weighted by Crippen LogP contribution is -2.29. The zero-order valence-corrected chi connectivity index (χ0v) is 10.7. The number of nitrogens with zero attached hydrogens (tertiary/aromatic N) is 4. The molecule has 1 aliphatic carbocycles. The highest BCUT2D eigenvalue weighted by Gasteiger charge is 2.30. The van der Waals surface area contributed by atoms with E-state index in [0.29, 0.717) is 5.92 Å². The second kappa shape index (κ2) is 4.25. The molecule has 92 valence electrons. The third kappa shape index (κ3) is 1.90. The second-order valence-corrected chi connectivity index (χ2v) is 5.75. The summed E-state index contributed by atoms with van der Waals surface area (Å²) in [5, 5.41) is 10.3. The van der Waals surface area contributed by atoms with Crippen molar-refractivity contribution < 1.29 is 4.79 Å². The summed E-state index contributed by atoms with van der Waals surface area (Å²) >= 11 is 1.59. The third-order valence-electron chi connectivity index (χ3n) is 3.58. The van der Waals surface area contributed by atoms with Crippen molar-refractivity contribution in [1.29, 1.82) is 0 Å². The minimum absolute atomic E-state index is 0.0409. The van der Waals surface area contributed by atoms with Crippen LogP contribution in [-0.2, 0) is 0 Å². The van der Waals surface area contributed by atoms with Gasteiger partial charge in [0, 0.05) is 26.1 Å². The van der Waals surface area contributed by atoms with E-state index in [2.05, 4.69) is 10.2 Å². The number of hydrogen-bond acceptors (Lipinski definition) is 4. The Kier molecular flexibility index (Phi) is 2.74. The molecular formula is C11H16N4OS. The number of urea groups is 1. The van der Waals surface area contributed by atoms with Gasteiger partial charge in [-0.3, -0.25) is 4.90 Å². The average molecular weight is 252 g/mol. The second-order valence-electron chi connectivity index (χ2n) is 4.76. The fourth-order valence-corrected chi connectivity index (χ4v) is 3.53. The van der Waals surface area contributed by atoms with Gasteiger partial charge >= 0.3 is 6.03 Å². The molecule has 1 aromatic heterocycles. The summed E-state index contributed by atoms with van der Waals surface area (Å²) in [6.45, 7) is 1.51. The first kappa shape index (κ1) is 11.0. The summed E-state index contributed by atoms with van der Waals surface area (Å²) in [7, 11) is 1.82. The van der Waals surface area contributed by atoms with Crippen LogP contribution in [0.3, 0.4) is 0 Å². The number of carbonyl (C=O) groups is 1. The van der Waals surface area contributed by atoms with Crippen LogP contribution >= 0.6 is 11.3 Å². The Hall–Kier alpha value is -1.17. The standard InChI is InChI=1S/C11H16N4OS/c1-14-6-7-15(11(14)16)10-13-12-9(17-10)8-4-2-3-5-8/h8H,2-7H2,1H3. The van der Waals surface area contributed by atoms with Crippen LogP contribution in [0.25, 0.3) is 0 Å². The Morgan fingerprint density at radius 1 is 1.24 bits per heavy atom. The molecule has 1 saturated carbocycles. The Balaban J connectivity index is 1.78. The molecule has 2 aliphatic rings. The van der Waals surface area contributed by atoms with Crippen LogP contribution in [0.5, 0.6) is 0 Å². The number of aromatic nitrogens is 2. The zero-order valence-electron chi connectivity index (χ0n) is 9.93. The molecule has 0 unspecified atom stereocenters. The maximum absolute atomic E-state index is 11.8. The van der Waals surface area contributed by atoms with Crippen molar-refractivity contribution in [1.82, 2.24) is 15.1 Å². The van der Waals surface area contributed by atoms with Gasteiger partial charge < -0.3 is 4.90 Å². The third-order valence-corrected chi connectivity index (χ3v) is 4.69. The van der Waals surface area contributed by atoms with Crippen molar-refractivity contribution in [2.24, 2.45) is 0 Å². The highest BCUT2D eigenvalue weighted by atomic mass is 32.1. The summed E-state index contributed by atoms with van der Waals surface area (Å²) in [6, 6.07) is 0.0409. The van der Waals surface area contributed by atoms with Crippen LogP contribution in [-0.4, -0.2) is 41.3 Å². The van der Waals surface area contributed by atoms with Gasteiger partial charge in [0.1, 0.15) is 5.01 Å². The number of likely N-dealkylation sites (N-methyl/N-ethyl adjacent to an activating group) is 1. The van der Waals surface area contributed by atoms with E-state index < -0.39 is 0 Å². The van der Waals surface area contributed by atoms with Gasteiger partial charge in [-0.1, -0.05) is 24.2 Å². The van der Waals surface area contributed by atoms with Crippen LogP contribution in [0.1, 0.15) is 36.6 Å². The van der Waals surface area contributed by atoms with E-state index in [-0.39, 0.29) is 6.03 Å². The van der Waals surface area contributed by atoms with E-state index in [0.717, 1.165) is 23.2 Å².